The Morgan fingerprint density at radius 3 is 2.95 bits per heavy atom. The number of nitrogens with zero attached hydrogens (tertiary/aromatic N) is 3. The number of aromatic nitrogens is 2. The molecule has 0 radical (unpaired) electrons. The first-order valence-corrected chi connectivity index (χ1v) is 6.27. The van der Waals surface area contributed by atoms with Gasteiger partial charge in [0, 0.05) is 11.1 Å². The van der Waals surface area contributed by atoms with E-state index >= 15 is 0 Å². The largest absolute Gasteiger partial charge is 0.468 e. The van der Waals surface area contributed by atoms with E-state index in [1.165, 1.54) is 18.2 Å². The number of ether oxygens (including phenoxy) is 1. The van der Waals surface area contributed by atoms with Crippen LogP contribution in [-0.2, 0) is 0 Å². The van der Waals surface area contributed by atoms with E-state index in [1.54, 1.807) is 6.92 Å². The van der Waals surface area contributed by atoms with Crippen LogP contribution in [0.1, 0.15) is 6.92 Å². The van der Waals surface area contributed by atoms with Crippen molar-refractivity contribution in [2.24, 2.45) is 0 Å². The Hall–Kier alpha value is -2.55. The lowest BCUT2D eigenvalue weighted by molar-refractivity contribution is -0.384. The van der Waals surface area contributed by atoms with Crippen LogP contribution in [0.3, 0.4) is 0 Å². The lowest BCUT2D eigenvalue weighted by Gasteiger charge is -2.14. The molecule has 2 aromatic rings. The zero-order valence-corrected chi connectivity index (χ0v) is 11.7. The van der Waals surface area contributed by atoms with Crippen LogP contribution >= 0.6 is 11.6 Å². The number of nitrogens with two attached hydrogens (primary N) is 1. The molecule has 21 heavy (non-hydrogen) atoms. The third-order valence-corrected chi connectivity index (χ3v) is 2.77. The van der Waals surface area contributed by atoms with E-state index in [2.05, 4.69) is 20.3 Å². The second kappa shape index (κ2) is 6.27. The maximum Gasteiger partial charge on any atom is 0.300 e. The molecule has 1 aromatic heterocycles. The minimum absolute atomic E-state index is 0.0376. The first-order valence-electron chi connectivity index (χ1n) is 5.90. The highest BCUT2D eigenvalue weighted by Gasteiger charge is 2.16. The summed E-state index contributed by atoms with van der Waals surface area (Å²) in [6.45, 7) is 2.00. The molecular weight excluding hydrogens is 302 g/mol. The van der Waals surface area contributed by atoms with Gasteiger partial charge in [-0.25, -0.2) is 4.63 Å². The van der Waals surface area contributed by atoms with E-state index in [9.17, 15) is 10.1 Å². The van der Waals surface area contributed by atoms with Crippen molar-refractivity contribution in [3.8, 4) is 5.88 Å². The highest BCUT2D eigenvalue weighted by Crippen LogP contribution is 2.27. The maximum absolute atomic E-state index is 10.9. The van der Waals surface area contributed by atoms with Gasteiger partial charge in [-0.15, -0.1) is 0 Å². The van der Waals surface area contributed by atoms with Crippen molar-refractivity contribution in [3.63, 3.8) is 0 Å². The van der Waals surface area contributed by atoms with Gasteiger partial charge in [0.05, 0.1) is 11.5 Å². The summed E-state index contributed by atoms with van der Waals surface area (Å²) in [6, 6.07) is 4.25. The van der Waals surface area contributed by atoms with E-state index in [0.29, 0.717) is 10.7 Å². The Labute approximate surface area is 124 Å². The van der Waals surface area contributed by atoms with Gasteiger partial charge in [-0.1, -0.05) is 11.6 Å². The summed E-state index contributed by atoms with van der Waals surface area (Å²) in [5, 5.41) is 21.1. The molecule has 0 saturated heterocycles. The van der Waals surface area contributed by atoms with E-state index in [4.69, 9.17) is 22.1 Å². The summed E-state index contributed by atoms with van der Waals surface area (Å²) < 4.78 is 9.78. The number of rotatable bonds is 6. The summed E-state index contributed by atoms with van der Waals surface area (Å²) >= 11 is 5.83. The Balaban J connectivity index is 2.01. The second-order valence-corrected chi connectivity index (χ2v) is 4.62. The molecule has 9 nitrogen and oxygen atoms in total. The summed E-state index contributed by atoms with van der Waals surface area (Å²) in [4.78, 5) is 10.4. The van der Waals surface area contributed by atoms with Crippen molar-refractivity contribution < 1.29 is 14.3 Å². The number of hydrogen-bond acceptors (Lipinski definition) is 8. The van der Waals surface area contributed by atoms with Gasteiger partial charge in [0.2, 0.25) is 5.82 Å². The summed E-state index contributed by atoms with van der Waals surface area (Å²) in [6.07, 6.45) is -0.377. The second-order valence-electron chi connectivity index (χ2n) is 4.18. The fourth-order valence-corrected chi connectivity index (χ4v) is 1.74. The number of hydrogen-bond donors (Lipinski definition) is 2. The minimum atomic E-state index is -0.496. The quantitative estimate of drug-likeness (QED) is 0.612. The van der Waals surface area contributed by atoms with Crippen LogP contribution in [-0.4, -0.2) is 27.9 Å². The number of halogens is 1. The van der Waals surface area contributed by atoms with E-state index in [-0.39, 0.29) is 30.0 Å². The van der Waals surface area contributed by atoms with E-state index < -0.39 is 4.92 Å². The summed E-state index contributed by atoms with van der Waals surface area (Å²) in [5.74, 6) is 0.112. The number of nitrogens with one attached hydrogen (secondary N) is 1. The van der Waals surface area contributed by atoms with Crippen LogP contribution in [0.4, 0.5) is 17.2 Å². The molecule has 0 aliphatic rings. The number of nitro benzene ring substituents is 1. The van der Waals surface area contributed by atoms with Gasteiger partial charge in [0.15, 0.2) is 0 Å². The normalized spacial score (nSPS) is 11.9. The zero-order chi connectivity index (χ0) is 15.4. The van der Waals surface area contributed by atoms with Gasteiger partial charge in [-0.2, -0.15) is 0 Å². The molecule has 0 aliphatic carbocycles. The fourth-order valence-electron chi connectivity index (χ4n) is 1.56. The topological polar surface area (TPSA) is 129 Å². The zero-order valence-electron chi connectivity index (χ0n) is 10.9. The van der Waals surface area contributed by atoms with Crippen LogP contribution in [0.2, 0.25) is 5.02 Å². The van der Waals surface area contributed by atoms with Crippen molar-refractivity contribution in [2.45, 2.75) is 13.0 Å². The van der Waals surface area contributed by atoms with Gasteiger partial charge >= 0.3 is 5.88 Å². The molecule has 0 bridgehead atoms. The number of nitrogen functional groups attached to an aromatic ring is 1. The van der Waals surface area contributed by atoms with Gasteiger partial charge in [0.1, 0.15) is 11.8 Å². The average molecular weight is 314 g/mol. The van der Waals surface area contributed by atoms with Crippen molar-refractivity contribution in [1.82, 2.24) is 10.3 Å². The van der Waals surface area contributed by atoms with Crippen molar-refractivity contribution in [3.05, 3.63) is 33.3 Å². The predicted octanol–water partition coefficient (Wildman–Crippen LogP) is 2.09. The number of anilines is 2. The molecule has 0 amide bonds. The van der Waals surface area contributed by atoms with Crippen molar-refractivity contribution >= 4 is 28.8 Å². The van der Waals surface area contributed by atoms with E-state index in [0.717, 1.165) is 0 Å². The molecule has 1 heterocycles. The standard InChI is InChI=1S/C11H12ClN5O4/c1-6(20-11-10(13)15-21-16-11)5-14-8-4-7(12)2-3-9(8)17(18)19/h2-4,6,14H,5H2,1H3,(H2,13,15)/t6-/m0/s1. The molecule has 0 spiro atoms. The van der Waals surface area contributed by atoms with E-state index in [1.807, 2.05) is 0 Å². The van der Waals surface area contributed by atoms with Gasteiger partial charge in [-0.05, 0) is 29.4 Å². The lowest BCUT2D eigenvalue weighted by atomic mass is 10.2. The van der Waals surface area contributed by atoms with Crippen molar-refractivity contribution in [2.75, 3.05) is 17.6 Å². The summed E-state index contributed by atoms with van der Waals surface area (Å²) in [7, 11) is 0. The Morgan fingerprint density at radius 1 is 1.57 bits per heavy atom. The molecule has 0 aliphatic heterocycles. The molecule has 0 unspecified atom stereocenters. The minimum Gasteiger partial charge on any atom is -0.468 e. The molecule has 1 atom stereocenters. The molecule has 10 heteroatoms. The van der Waals surface area contributed by atoms with Gasteiger partial charge in [-0.3, -0.25) is 10.1 Å². The monoisotopic (exact) mass is 313 g/mol. The molecule has 1 aromatic carbocycles. The SMILES string of the molecule is C[C@@H](CNc1cc(Cl)ccc1[N+](=O)[O-])Oc1nonc1N. The smallest absolute Gasteiger partial charge is 0.300 e. The molecule has 0 fully saturated rings. The van der Waals surface area contributed by atoms with Crippen LogP contribution in [0.5, 0.6) is 5.88 Å². The lowest BCUT2D eigenvalue weighted by Crippen LogP contribution is -2.23. The molecule has 3 N–H and O–H groups in total. The molecule has 2 rings (SSSR count). The maximum atomic E-state index is 10.9. The third-order valence-electron chi connectivity index (χ3n) is 2.53. The Morgan fingerprint density at radius 2 is 2.33 bits per heavy atom. The Bertz CT molecular complexity index is 647. The van der Waals surface area contributed by atoms with Crippen LogP contribution in [0.15, 0.2) is 22.8 Å². The molecular formula is C11H12ClN5O4. The highest BCUT2D eigenvalue weighted by molar-refractivity contribution is 6.31. The van der Waals surface area contributed by atoms with Gasteiger partial charge in [0.25, 0.3) is 5.69 Å². The van der Waals surface area contributed by atoms with Crippen LogP contribution < -0.4 is 15.8 Å². The van der Waals surface area contributed by atoms with Crippen molar-refractivity contribution in [1.29, 1.82) is 0 Å². The first-order chi connectivity index (χ1) is 9.97. The highest BCUT2D eigenvalue weighted by atomic mass is 35.5. The van der Waals surface area contributed by atoms with Gasteiger partial charge < -0.3 is 15.8 Å². The summed E-state index contributed by atoms with van der Waals surface area (Å²) in [5.41, 5.74) is 5.69. The number of nitro groups is 1. The van der Waals surface area contributed by atoms with Crippen LogP contribution in [0.25, 0.3) is 0 Å². The average Bonchev–Trinajstić information content (AvgIpc) is 2.81. The first kappa shape index (κ1) is 14.9. The Kier molecular flexibility index (Phi) is 4.43. The molecule has 112 valence electrons. The molecule has 0 saturated carbocycles. The third kappa shape index (κ3) is 3.72. The van der Waals surface area contributed by atoms with Crippen LogP contribution in [0, 0.1) is 10.1 Å². The fraction of sp³-hybridized carbons (Fsp3) is 0.273. The predicted molar refractivity (Wildman–Crippen MR) is 75.4 cm³/mol. The number of benzene rings is 1.